The molecular weight excluding hydrogens is 331 g/mol. The summed E-state index contributed by atoms with van der Waals surface area (Å²) in [7, 11) is 0. The lowest BCUT2D eigenvalue weighted by Gasteiger charge is -2.27. The first kappa shape index (κ1) is 16.7. The van der Waals surface area contributed by atoms with Crippen molar-refractivity contribution >= 4 is 16.8 Å². The van der Waals surface area contributed by atoms with E-state index in [9.17, 15) is 9.18 Å². The van der Waals surface area contributed by atoms with Crippen LogP contribution < -0.4 is 0 Å². The third-order valence-corrected chi connectivity index (χ3v) is 4.64. The van der Waals surface area contributed by atoms with Crippen LogP contribution in [-0.2, 0) is 4.74 Å². The van der Waals surface area contributed by atoms with Crippen LogP contribution in [-0.4, -0.2) is 42.1 Å². The maximum atomic E-state index is 14.3. The number of aromatic nitrogens is 1. The van der Waals surface area contributed by atoms with Crippen LogP contribution in [0.5, 0.6) is 0 Å². The highest BCUT2D eigenvalue weighted by atomic mass is 19.1. The van der Waals surface area contributed by atoms with Gasteiger partial charge in [-0.15, -0.1) is 0 Å². The summed E-state index contributed by atoms with van der Waals surface area (Å²) >= 11 is 0. The molecule has 0 N–H and O–H groups in total. The lowest BCUT2D eigenvalue weighted by Crippen LogP contribution is -2.40. The minimum Gasteiger partial charge on any atom is -0.378 e. The van der Waals surface area contributed by atoms with Gasteiger partial charge in [-0.2, -0.15) is 0 Å². The molecule has 3 aromatic rings. The Bertz CT molecular complexity index is 981. The van der Waals surface area contributed by atoms with Crippen LogP contribution in [0, 0.1) is 12.7 Å². The van der Waals surface area contributed by atoms with E-state index < -0.39 is 0 Å². The van der Waals surface area contributed by atoms with Crippen LogP contribution in [0.2, 0.25) is 0 Å². The maximum absolute atomic E-state index is 14.3. The molecule has 26 heavy (non-hydrogen) atoms. The number of carbonyl (C=O) groups is 1. The Balaban J connectivity index is 1.90. The van der Waals surface area contributed by atoms with Gasteiger partial charge in [0.05, 0.1) is 30.0 Å². The highest BCUT2D eigenvalue weighted by Gasteiger charge is 2.22. The summed E-state index contributed by atoms with van der Waals surface area (Å²) in [5, 5.41) is 0.793. The van der Waals surface area contributed by atoms with E-state index in [1.807, 2.05) is 25.1 Å². The van der Waals surface area contributed by atoms with E-state index in [-0.39, 0.29) is 11.7 Å². The average molecular weight is 350 g/mol. The molecule has 2 aromatic carbocycles. The Morgan fingerprint density at radius 3 is 2.65 bits per heavy atom. The number of hydrogen-bond donors (Lipinski definition) is 0. The van der Waals surface area contributed by atoms with Crippen LogP contribution in [0.1, 0.15) is 15.9 Å². The number of benzene rings is 2. The predicted molar refractivity (Wildman–Crippen MR) is 98.6 cm³/mol. The molecule has 0 unspecified atom stereocenters. The molecule has 5 heteroatoms. The monoisotopic (exact) mass is 350 g/mol. The molecule has 0 saturated carbocycles. The van der Waals surface area contributed by atoms with E-state index in [4.69, 9.17) is 4.74 Å². The first-order valence-corrected chi connectivity index (χ1v) is 8.67. The fourth-order valence-electron chi connectivity index (χ4n) is 3.26. The molecule has 132 valence electrons. The Hall–Kier alpha value is -2.79. The largest absolute Gasteiger partial charge is 0.378 e. The quantitative estimate of drug-likeness (QED) is 0.706. The van der Waals surface area contributed by atoms with Gasteiger partial charge in [-0.1, -0.05) is 23.8 Å². The number of amides is 1. The van der Waals surface area contributed by atoms with Crippen molar-refractivity contribution in [3.63, 3.8) is 0 Å². The molecule has 0 aliphatic carbocycles. The molecule has 0 radical (unpaired) electrons. The second-order valence-corrected chi connectivity index (χ2v) is 6.46. The summed E-state index contributed by atoms with van der Waals surface area (Å²) in [6.45, 7) is 4.17. The van der Waals surface area contributed by atoms with Crippen molar-refractivity contribution in [2.75, 3.05) is 26.3 Å². The standard InChI is InChI=1S/C21H19FN2O2/c1-14-6-7-19-16(12-14)17(21(25)24-8-10-26-11-9-24)13-20(23-19)15-4-2-3-5-18(15)22/h2-7,12-13H,8-11H2,1H3. The molecular formula is C21H19FN2O2. The minimum atomic E-state index is -0.351. The van der Waals surface area contributed by atoms with Crippen LogP contribution in [0.15, 0.2) is 48.5 Å². The van der Waals surface area contributed by atoms with Crippen molar-refractivity contribution in [2.45, 2.75) is 6.92 Å². The first-order chi connectivity index (χ1) is 12.6. The van der Waals surface area contributed by atoms with Gasteiger partial charge in [0.2, 0.25) is 0 Å². The van der Waals surface area contributed by atoms with Crippen molar-refractivity contribution < 1.29 is 13.9 Å². The molecule has 4 nitrogen and oxygen atoms in total. The highest BCUT2D eigenvalue weighted by molar-refractivity contribution is 6.07. The Morgan fingerprint density at radius 1 is 1.12 bits per heavy atom. The fourth-order valence-corrected chi connectivity index (χ4v) is 3.26. The van der Waals surface area contributed by atoms with E-state index in [2.05, 4.69) is 4.98 Å². The van der Waals surface area contributed by atoms with Gasteiger partial charge in [-0.05, 0) is 37.3 Å². The number of pyridine rings is 1. The Morgan fingerprint density at radius 2 is 1.88 bits per heavy atom. The zero-order valence-electron chi connectivity index (χ0n) is 14.5. The number of ether oxygens (including phenoxy) is 1. The molecule has 4 rings (SSSR count). The Labute approximate surface area is 151 Å². The number of hydrogen-bond acceptors (Lipinski definition) is 3. The molecule has 1 fully saturated rings. The van der Waals surface area contributed by atoms with Gasteiger partial charge in [0, 0.05) is 24.0 Å². The van der Waals surface area contributed by atoms with Crippen molar-refractivity contribution in [1.29, 1.82) is 0 Å². The Kier molecular flexibility index (Phi) is 4.39. The van der Waals surface area contributed by atoms with Gasteiger partial charge in [-0.25, -0.2) is 9.37 Å². The normalized spacial score (nSPS) is 14.6. The number of halogens is 1. The summed E-state index contributed by atoms with van der Waals surface area (Å²) in [4.78, 5) is 19.5. The minimum absolute atomic E-state index is 0.0658. The number of aryl methyl sites for hydroxylation is 1. The van der Waals surface area contributed by atoms with Gasteiger partial charge < -0.3 is 9.64 Å². The maximum Gasteiger partial charge on any atom is 0.254 e. The van der Waals surface area contributed by atoms with Crippen LogP contribution in [0.4, 0.5) is 4.39 Å². The van der Waals surface area contributed by atoms with Gasteiger partial charge in [-0.3, -0.25) is 4.79 Å². The third-order valence-electron chi connectivity index (χ3n) is 4.64. The third kappa shape index (κ3) is 3.06. The van der Waals surface area contributed by atoms with Crippen LogP contribution in [0.3, 0.4) is 0 Å². The lowest BCUT2D eigenvalue weighted by atomic mass is 10.0. The van der Waals surface area contributed by atoms with Crippen LogP contribution in [0.25, 0.3) is 22.2 Å². The second-order valence-electron chi connectivity index (χ2n) is 6.46. The molecule has 2 heterocycles. The average Bonchev–Trinajstić information content (AvgIpc) is 2.68. The topological polar surface area (TPSA) is 42.4 Å². The highest BCUT2D eigenvalue weighted by Crippen LogP contribution is 2.28. The van der Waals surface area contributed by atoms with E-state index >= 15 is 0 Å². The number of morpholine rings is 1. The molecule has 1 aliphatic rings. The summed E-state index contributed by atoms with van der Waals surface area (Å²) in [5.41, 5.74) is 3.16. The van der Waals surface area contributed by atoms with E-state index in [1.54, 1.807) is 29.2 Å². The molecule has 1 aliphatic heterocycles. The predicted octanol–water partition coefficient (Wildman–Crippen LogP) is 3.82. The summed E-state index contributed by atoms with van der Waals surface area (Å²) < 4.78 is 19.6. The molecule has 1 amide bonds. The van der Waals surface area contributed by atoms with Gasteiger partial charge in [0.15, 0.2) is 0 Å². The lowest BCUT2D eigenvalue weighted by molar-refractivity contribution is 0.0304. The van der Waals surface area contributed by atoms with Gasteiger partial charge >= 0.3 is 0 Å². The molecule has 0 bridgehead atoms. The van der Waals surface area contributed by atoms with Crippen LogP contribution >= 0.6 is 0 Å². The number of carbonyl (C=O) groups excluding carboxylic acids is 1. The zero-order valence-corrected chi connectivity index (χ0v) is 14.5. The molecule has 0 spiro atoms. The van der Waals surface area contributed by atoms with Crippen molar-refractivity contribution in [2.24, 2.45) is 0 Å². The van der Waals surface area contributed by atoms with E-state index in [0.717, 1.165) is 10.9 Å². The number of rotatable bonds is 2. The van der Waals surface area contributed by atoms with Crippen molar-refractivity contribution in [3.05, 3.63) is 65.5 Å². The van der Waals surface area contributed by atoms with Gasteiger partial charge in [0.1, 0.15) is 5.82 Å². The molecule has 1 saturated heterocycles. The SMILES string of the molecule is Cc1ccc2nc(-c3ccccc3F)cc(C(=O)N3CCOCC3)c2c1. The fraction of sp³-hybridized carbons (Fsp3) is 0.238. The second kappa shape index (κ2) is 6.84. The van der Waals surface area contributed by atoms with E-state index in [1.165, 1.54) is 6.07 Å². The van der Waals surface area contributed by atoms with Crippen molar-refractivity contribution in [1.82, 2.24) is 9.88 Å². The van der Waals surface area contributed by atoms with E-state index in [0.29, 0.717) is 48.6 Å². The summed E-state index contributed by atoms with van der Waals surface area (Å²) in [6.07, 6.45) is 0. The smallest absolute Gasteiger partial charge is 0.254 e. The number of fused-ring (bicyclic) bond motifs is 1. The molecule has 0 atom stereocenters. The number of nitrogens with zero attached hydrogens (tertiary/aromatic N) is 2. The van der Waals surface area contributed by atoms with Gasteiger partial charge in [0.25, 0.3) is 5.91 Å². The first-order valence-electron chi connectivity index (χ1n) is 8.67. The summed E-state index contributed by atoms with van der Waals surface area (Å²) in [5.74, 6) is -0.417. The molecule has 1 aromatic heterocycles. The van der Waals surface area contributed by atoms with Crippen molar-refractivity contribution in [3.8, 4) is 11.3 Å². The summed E-state index contributed by atoms with van der Waals surface area (Å²) in [6, 6.07) is 14.0. The zero-order chi connectivity index (χ0) is 18.1.